The molecule has 1 aromatic carbocycles. The third kappa shape index (κ3) is 3.12. The monoisotopic (exact) mass is 339 g/mol. The fourth-order valence-corrected chi connectivity index (χ4v) is 3.09. The number of methoxy groups -OCH3 is 1. The summed E-state index contributed by atoms with van der Waals surface area (Å²) in [4.78, 5) is 16.1. The van der Waals surface area contributed by atoms with Gasteiger partial charge >= 0.3 is 5.97 Å². The molecule has 128 valence electrons. The van der Waals surface area contributed by atoms with E-state index >= 15 is 0 Å². The first-order valence-corrected chi connectivity index (χ1v) is 8.32. The smallest absolute Gasteiger partial charge is 0.338 e. The number of rotatable bonds is 5. The van der Waals surface area contributed by atoms with Crippen LogP contribution < -0.4 is 0 Å². The molecule has 0 atom stereocenters. The molecule has 25 heavy (non-hydrogen) atoms. The topological polar surface area (TPSA) is 57.0 Å². The number of carbonyl (C=O) groups excluding carboxylic acids is 1. The number of hydrogen-bond acceptors (Lipinski definition) is 4. The molecule has 1 aliphatic carbocycles. The number of hydrogen-bond donors (Lipinski definition) is 0. The Morgan fingerprint density at radius 1 is 1.36 bits per heavy atom. The highest BCUT2D eigenvalue weighted by Crippen LogP contribution is 2.32. The molecule has 0 radical (unpaired) electrons. The number of halogens is 1. The molecular weight excluding hydrogens is 321 g/mol. The minimum atomic E-state index is -0.412. The zero-order valence-corrected chi connectivity index (χ0v) is 13.9. The minimum absolute atomic E-state index is 0.292. The molecule has 4 rings (SSSR count). The summed E-state index contributed by atoms with van der Waals surface area (Å²) in [5.41, 5.74) is 2.84. The molecule has 2 heterocycles. The summed E-state index contributed by atoms with van der Waals surface area (Å²) in [6, 6.07) is 6.37. The van der Waals surface area contributed by atoms with E-state index in [1.807, 2.05) is 4.68 Å². The van der Waals surface area contributed by atoms with Crippen molar-refractivity contribution in [3.05, 3.63) is 59.3 Å². The maximum absolute atomic E-state index is 13.8. The molecule has 0 bridgehead atoms. The van der Waals surface area contributed by atoms with Crippen LogP contribution in [0.5, 0.6) is 0 Å². The van der Waals surface area contributed by atoms with Crippen LogP contribution in [0.3, 0.4) is 0 Å². The summed E-state index contributed by atoms with van der Waals surface area (Å²) < 4.78 is 20.6. The Morgan fingerprint density at radius 2 is 2.20 bits per heavy atom. The van der Waals surface area contributed by atoms with Gasteiger partial charge in [-0.05, 0) is 48.6 Å². The summed E-state index contributed by atoms with van der Waals surface area (Å²) in [7, 11) is 1.35. The molecule has 1 fully saturated rings. The minimum Gasteiger partial charge on any atom is -0.465 e. The number of fused-ring (bicyclic) bond motifs is 1. The van der Waals surface area contributed by atoms with Crippen LogP contribution in [0.2, 0.25) is 0 Å². The van der Waals surface area contributed by atoms with Crippen molar-refractivity contribution in [2.45, 2.75) is 25.8 Å². The molecule has 0 spiro atoms. The number of nitrogens with zero attached hydrogens (tertiary/aromatic N) is 3. The van der Waals surface area contributed by atoms with E-state index in [1.165, 1.54) is 32.1 Å². The molecule has 0 amide bonds. The van der Waals surface area contributed by atoms with Crippen LogP contribution in [0.25, 0.3) is 10.9 Å². The van der Waals surface area contributed by atoms with Crippen molar-refractivity contribution in [2.75, 3.05) is 7.11 Å². The van der Waals surface area contributed by atoms with Crippen molar-refractivity contribution in [1.82, 2.24) is 14.8 Å². The molecule has 6 heteroatoms. The Bertz CT molecular complexity index is 947. The Kier molecular flexibility index (Phi) is 3.95. The first-order chi connectivity index (χ1) is 12.2. The van der Waals surface area contributed by atoms with Crippen molar-refractivity contribution in [2.24, 2.45) is 5.92 Å². The van der Waals surface area contributed by atoms with Crippen molar-refractivity contribution in [3.63, 3.8) is 0 Å². The quantitative estimate of drug-likeness (QED) is 0.669. The predicted molar refractivity (Wildman–Crippen MR) is 90.8 cm³/mol. The van der Waals surface area contributed by atoms with Gasteiger partial charge < -0.3 is 4.74 Å². The Labute approximate surface area is 144 Å². The lowest BCUT2D eigenvalue weighted by atomic mass is 10.0. The molecular formula is C19H18FN3O2. The number of pyridine rings is 1. The van der Waals surface area contributed by atoms with E-state index in [0.29, 0.717) is 17.9 Å². The van der Waals surface area contributed by atoms with Gasteiger partial charge in [-0.1, -0.05) is 0 Å². The Morgan fingerprint density at radius 3 is 2.96 bits per heavy atom. The van der Waals surface area contributed by atoms with Gasteiger partial charge in [-0.3, -0.25) is 9.67 Å². The second-order valence-electron chi connectivity index (χ2n) is 6.43. The van der Waals surface area contributed by atoms with Gasteiger partial charge in [0.1, 0.15) is 5.82 Å². The highest BCUT2D eigenvalue weighted by Gasteiger charge is 2.24. The molecule has 0 N–H and O–H groups in total. The Hall–Kier alpha value is -2.76. The van der Waals surface area contributed by atoms with E-state index in [0.717, 1.165) is 28.7 Å². The number of benzene rings is 1. The molecule has 3 aromatic rings. The van der Waals surface area contributed by atoms with Crippen LogP contribution in [0.1, 0.15) is 34.5 Å². The van der Waals surface area contributed by atoms with Crippen LogP contribution >= 0.6 is 0 Å². The van der Waals surface area contributed by atoms with Crippen LogP contribution in [-0.4, -0.2) is 27.8 Å². The lowest BCUT2D eigenvalue weighted by molar-refractivity contribution is 0.0599. The highest BCUT2D eigenvalue weighted by atomic mass is 19.1. The summed E-state index contributed by atoms with van der Waals surface area (Å²) in [6.45, 7) is 0.846. The van der Waals surface area contributed by atoms with Gasteiger partial charge in [0, 0.05) is 30.7 Å². The van der Waals surface area contributed by atoms with Gasteiger partial charge in [0.05, 0.1) is 23.9 Å². The first kappa shape index (κ1) is 15.7. The first-order valence-electron chi connectivity index (χ1n) is 8.32. The number of ether oxygens (including phenoxy) is 1. The second-order valence-corrected chi connectivity index (χ2v) is 6.43. The van der Waals surface area contributed by atoms with Crippen molar-refractivity contribution in [3.8, 4) is 0 Å². The average Bonchev–Trinajstić information content (AvgIpc) is 3.38. The van der Waals surface area contributed by atoms with E-state index in [4.69, 9.17) is 9.84 Å². The van der Waals surface area contributed by atoms with Gasteiger partial charge in [0.15, 0.2) is 0 Å². The molecule has 0 aliphatic heterocycles. The summed E-state index contributed by atoms with van der Waals surface area (Å²) >= 11 is 0. The standard InChI is InChI=1S/C19H18FN3O2/c1-25-19(24)15-6-7-21-10-13(15)8-17-16-9-14(20)4-5-18(16)23(22-17)11-12-2-3-12/h4-7,9-10,12H,2-3,8,11H2,1H3. The van der Waals surface area contributed by atoms with Crippen LogP contribution in [0.4, 0.5) is 4.39 Å². The fraction of sp³-hybridized carbons (Fsp3) is 0.316. The second kappa shape index (κ2) is 6.27. The van der Waals surface area contributed by atoms with Gasteiger partial charge in [-0.25, -0.2) is 9.18 Å². The number of esters is 1. The van der Waals surface area contributed by atoms with E-state index in [1.54, 1.807) is 24.5 Å². The van der Waals surface area contributed by atoms with Crippen LogP contribution in [-0.2, 0) is 17.7 Å². The highest BCUT2D eigenvalue weighted by molar-refractivity contribution is 5.91. The van der Waals surface area contributed by atoms with Gasteiger partial charge in [-0.2, -0.15) is 5.10 Å². The normalized spacial score (nSPS) is 14.0. The summed E-state index contributed by atoms with van der Waals surface area (Å²) in [5, 5.41) is 5.48. The molecule has 5 nitrogen and oxygen atoms in total. The number of carbonyl (C=O) groups is 1. The van der Waals surface area contributed by atoms with Crippen molar-refractivity contribution >= 4 is 16.9 Å². The maximum atomic E-state index is 13.8. The molecule has 0 unspecified atom stereocenters. The third-order valence-corrected chi connectivity index (χ3v) is 4.58. The van der Waals surface area contributed by atoms with Gasteiger partial charge in [-0.15, -0.1) is 0 Å². The molecule has 1 aliphatic rings. The lowest BCUT2D eigenvalue weighted by Crippen LogP contribution is -2.07. The Balaban J connectivity index is 1.77. The summed E-state index contributed by atoms with van der Waals surface area (Å²) in [6.07, 6.45) is 6.02. The largest absolute Gasteiger partial charge is 0.465 e. The zero-order valence-electron chi connectivity index (χ0n) is 13.9. The van der Waals surface area contributed by atoms with E-state index in [9.17, 15) is 9.18 Å². The molecule has 1 saturated carbocycles. The van der Waals surface area contributed by atoms with Crippen LogP contribution in [0.15, 0.2) is 36.7 Å². The van der Waals surface area contributed by atoms with Crippen molar-refractivity contribution < 1.29 is 13.9 Å². The maximum Gasteiger partial charge on any atom is 0.338 e. The van der Waals surface area contributed by atoms with Gasteiger partial charge in [0.2, 0.25) is 0 Å². The SMILES string of the molecule is COC(=O)c1ccncc1Cc1nn(CC2CC2)c2ccc(F)cc12. The molecule has 0 saturated heterocycles. The lowest BCUT2D eigenvalue weighted by Gasteiger charge is -2.06. The predicted octanol–water partition coefficient (Wildman–Crippen LogP) is 3.36. The van der Waals surface area contributed by atoms with Crippen LogP contribution in [0, 0.1) is 11.7 Å². The van der Waals surface area contributed by atoms with E-state index in [-0.39, 0.29) is 5.82 Å². The van der Waals surface area contributed by atoms with Crippen molar-refractivity contribution in [1.29, 1.82) is 0 Å². The number of aromatic nitrogens is 3. The molecule has 2 aromatic heterocycles. The fourth-order valence-electron chi connectivity index (χ4n) is 3.09. The van der Waals surface area contributed by atoms with Gasteiger partial charge in [0.25, 0.3) is 0 Å². The third-order valence-electron chi connectivity index (χ3n) is 4.58. The zero-order chi connectivity index (χ0) is 17.4. The average molecular weight is 339 g/mol. The summed E-state index contributed by atoms with van der Waals surface area (Å²) in [5.74, 6) is -0.0468. The van der Waals surface area contributed by atoms with E-state index < -0.39 is 5.97 Å². The van der Waals surface area contributed by atoms with E-state index in [2.05, 4.69) is 4.98 Å².